The lowest BCUT2D eigenvalue weighted by molar-refractivity contribution is -0.137. The minimum atomic E-state index is -5.01. The zero-order chi connectivity index (χ0) is 29.6. The lowest BCUT2D eigenvalue weighted by Gasteiger charge is -2.21. The number of hydrogen-bond donors (Lipinski definition) is 4. The van der Waals surface area contributed by atoms with E-state index in [-0.39, 0.29) is 33.3 Å². The average molecular weight is 591 g/mol. The molecule has 15 heteroatoms. The van der Waals surface area contributed by atoms with E-state index in [4.69, 9.17) is 17.0 Å². The number of anilines is 2. The van der Waals surface area contributed by atoms with Crippen LogP contribution in [0.4, 0.5) is 46.5 Å². The Hall–Kier alpha value is -4.20. The molecule has 0 saturated carbocycles. The molecule has 1 unspecified atom stereocenters. The molecule has 0 radical (unpaired) electrons. The van der Waals surface area contributed by atoms with Gasteiger partial charge in [0.2, 0.25) is 0 Å². The van der Waals surface area contributed by atoms with Gasteiger partial charge in [0.15, 0.2) is 0 Å². The molecule has 6 nitrogen and oxygen atoms in total. The van der Waals surface area contributed by atoms with Crippen LogP contribution in [0, 0.1) is 17.0 Å². The lowest BCUT2D eigenvalue weighted by atomic mass is 9.92. The van der Waals surface area contributed by atoms with Crippen LogP contribution >= 0.6 is 11.6 Å². The first-order chi connectivity index (χ1) is 18.6. The highest BCUT2D eigenvalue weighted by Crippen LogP contribution is 2.43. The van der Waals surface area contributed by atoms with Crippen LogP contribution in [0.1, 0.15) is 49.0 Å². The second-order valence-corrected chi connectivity index (χ2v) is 8.95. The summed E-state index contributed by atoms with van der Waals surface area (Å²) in [4.78, 5) is 26.0. The van der Waals surface area contributed by atoms with E-state index in [1.165, 1.54) is 0 Å². The van der Waals surface area contributed by atoms with Gasteiger partial charge in [-0.05, 0) is 42.5 Å². The Bertz CT molecular complexity index is 1540. The van der Waals surface area contributed by atoms with Crippen molar-refractivity contribution in [2.75, 3.05) is 17.2 Å². The fourth-order valence-electron chi connectivity index (χ4n) is 4.18. The number of halogens is 9. The van der Waals surface area contributed by atoms with Gasteiger partial charge < -0.3 is 21.4 Å². The number of carbonyl (C=O) groups excluding carboxylic acids is 2. The molecule has 0 aliphatic carbocycles. The van der Waals surface area contributed by atoms with Crippen LogP contribution in [0.3, 0.4) is 0 Å². The molecule has 1 heterocycles. The lowest BCUT2D eigenvalue weighted by Crippen LogP contribution is -2.23. The molecular formula is C25H15ClF8N4O2. The van der Waals surface area contributed by atoms with Crippen molar-refractivity contribution in [3.63, 3.8) is 0 Å². The number of nitrogens with one attached hydrogen (secondary N) is 4. The van der Waals surface area contributed by atoms with E-state index in [2.05, 4.69) is 10.6 Å². The van der Waals surface area contributed by atoms with Crippen LogP contribution in [-0.4, -0.2) is 30.8 Å². The first-order valence-electron chi connectivity index (χ1n) is 11.1. The summed E-state index contributed by atoms with van der Waals surface area (Å²) in [6.07, 6.45) is -9.16. The normalized spacial score (nSPS) is 14.9. The summed E-state index contributed by atoms with van der Waals surface area (Å²) in [6, 6.07) is 3.79. The molecule has 1 aliphatic rings. The Kier molecular flexibility index (Phi) is 7.49. The van der Waals surface area contributed by atoms with Crippen molar-refractivity contribution < 1.29 is 44.7 Å². The van der Waals surface area contributed by atoms with E-state index in [0.717, 1.165) is 24.3 Å². The van der Waals surface area contributed by atoms with E-state index >= 15 is 0 Å². The van der Waals surface area contributed by atoms with Crippen molar-refractivity contribution in [3.8, 4) is 0 Å². The minimum Gasteiger partial charge on any atom is -0.376 e. The quantitative estimate of drug-likeness (QED) is 0.190. The van der Waals surface area contributed by atoms with Gasteiger partial charge in [-0.1, -0.05) is 11.6 Å². The smallest absolute Gasteiger partial charge is 0.376 e. The van der Waals surface area contributed by atoms with Gasteiger partial charge in [-0.3, -0.25) is 9.59 Å². The van der Waals surface area contributed by atoms with E-state index in [9.17, 15) is 44.7 Å². The molecule has 3 aromatic carbocycles. The predicted octanol–water partition coefficient (Wildman–Crippen LogP) is 6.69. The first-order valence-corrected chi connectivity index (χ1v) is 11.4. The molecule has 0 fully saturated rings. The topological polar surface area (TPSA) is 94.1 Å². The highest BCUT2D eigenvalue weighted by atomic mass is 35.5. The molecule has 4 N–H and O–H groups in total. The number of carbonyl (C=O) groups is 2. The molecule has 0 spiro atoms. The minimum absolute atomic E-state index is 0.0266. The van der Waals surface area contributed by atoms with Crippen molar-refractivity contribution >= 4 is 41.0 Å². The van der Waals surface area contributed by atoms with Crippen molar-refractivity contribution in [2.45, 2.75) is 18.4 Å². The second-order valence-electron chi connectivity index (χ2n) is 8.54. The highest BCUT2D eigenvalue weighted by Gasteiger charge is 2.38. The molecule has 2 amide bonds. The molecule has 0 bridgehead atoms. The summed E-state index contributed by atoms with van der Waals surface area (Å²) in [5.74, 6) is -4.39. The summed E-state index contributed by atoms with van der Waals surface area (Å²) in [7, 11) is 0. The van der Waals surface area contributed by atoms with E-state index in [1.807, 2.05) is 5.32 Å². The maximum absolute atomic E-state index is 14.1. The summed E-state index contributed by atoms with van der Waals surface area (Å²) in [6.45, 7) is -1.61. The molecule has 3 aromatic rings. The number of benzene rings is 3. The van der Waals surface area contributed by atoms with Crippen molar-refractivity contribution in [1.29, 1.82) is 5.41 Å². The fraction of sp³-hybridized carbons (Fsp3) is 0.160. The van der Waals surface area contributed by atoms with Gasteiger partial charge in [-0.25, -0.2) is 8.78 Å². The molecule has 1 aliphatic heterocycles. The molecule has 1 atom stereocenters. The fourth-order valence-corrected chi connectivity index (χ4v) is 4.40. The third-order valence-electron chi connectivity index (χ3n) is 5.83. The van der Waals surface area contributed by atoms with E-state index in [1.54, 1.807) is 0 Å². The second kappa shape index (κ2) is 10.4. The summed E-state index contributed by atoms with van der Waals surface area (Å²) in [5.41, 5.74) is -3.98. The molecule has 0 saturated heterocycles. The summed E-state index contributed by atoms with van der Waals surface area (Å²) >= 11 is 6.19. The van der Waals surface area contributed by atoms with Gasteiger partial charge in [0.25, 0.3) is 11.8 Å². The van der Waals surface area contributed by atoms with Crippen molar-refractivity contribution in [3.05, 3.63) is 92.5 Å². The van der Waals surface area contributed by atoms with E-state index in [0.29, 0.717) is 18.3 Å². The molecule has 0 aromatic heterocycles. The Labute approximate surface area is 224 Å². The van der Waals surface area contributed by atoms with Crippen LogP contribution < -0.4 is 16.0 Å². The summed E-state index contributed by atoms with van der Waals surface area (Å²) < 4.78 is 106. The molecule has 4 rings (SSSR count). The predicted molar refractivity (Wildman–Crippen MR) is 129 cm³/mol. The molecule has 210 valence electrons. The maximum atomic E-state index is 14.1. The highest BCUT2D eigenvalue weighted by molar-refractivity contribution is 6.31. The Balaban J connectivity index is 1.90. The Morgan fingerprint density at radius 1 is 1.00 bits per heavy atom. The third kappa shape index (κ3) is 5.86. The van der Waals surface area contributed by atoms with Crippen LogP contribution in [0.15, 0.2) is 42.5 Å². The van der Waals surface area contributed by atoms with Crippen LogP contribution in [-0.2, 0) is 6.18 Å². The third-order valence-corrected chi connectivity index (χ3v) is 6.17. The van der Waals surface area contributed by atoms with Gasteiger partial charge in [0.05, 0.1) is 17.2 Å². The Morgan fingerprint density at radius 3 is 2.33 bits per heavy atom. The number of alkyl halides is 6. The number of fused-ring (bicyclic) bond motifs is 1. The maximum Gasteiger partial charge on any atom is 0.416 e. The van der Waals surface area contributed by atoms with Gasteiger partial charge in [-0.2, -0.15) is 26.3 Å². The largest absolute Gasteiger partial charge is 0.416 e. The zero-order valence-corrected chi connectivity index (χ0v) is 20.4. The van der Waals surface area contributed by atoms with Gasteiger partial charge in [0, 0.05) is 44.9 Å². The zero-order valence-electron chi connectivity index (χ0n) is 19.6. The monoisotopic (exact) mass is 590 g/mol. The average Bonchev–Trinajstić information content (AvgIpc) is 3.20. The summed E-state index contributed by atoms with van der Waals surface area (Å²) in [5, 5.41) is 14.4. The standard InChI is InChI=1S/C25H15ClF8N4O2/c26-16-2-1-12(27)6-14(16)21-20-18(37-22(39)10-3-11(25(32,33)34)5-13(28)4-10)7-17(36-9-24(29,30)31)15(8-35)19(20)23(40)38-21/h1-8,21,35-36H,9H2,(H,37,39)(H,38,40). The van der Waals surface area contributed by atoms with Crippen molar-refractivity contribution in [2.24, 2.45) is 0 Å². The Morgan fingerprint density at radius 2 is 1.70 bits per heavy atom. The van der Waals surface area contributed by atoms with Gasteiger partial charge >= 0.3 is 12.4 Å². The van der Waals surface area contributed by atoms with Gasteiger partial charge in [-0.15, -0.1) is 0 Å². The number of rotatable bonds is 6. The number of hydrogen-bond acceptors (Lipinski definition) is 4. The number of amides is 2. The van der Waals surface area contributed by atoms with Gasteiger partial charge in [0.1, 0.15) is 18.2 Å². The van der Waals surface area contributed by atoms with Crippen molar-refractivity contribution in [1.82, 2.24) is 5.32 Å². The van der Waals surface area contributed by atoms with Crippen LogP contribution in [0.25, 0.3) is 0 Å². The van der Waals surface area contributed by atoms with E-state index < -0.39 is 70.9 Å². The van der Waals surface area contributed by atoms with Crippen LogP contribution in [0.5, 0.6) is 0 Å². The van der Waals surface area contributed by atoms with Crippen LogP contribution in [0.2, 0.25) is 5.02 Å². The molecular weight excluding hydrogens is 576 g/mol. The first kappa shape index (κ1) is 28.8. The molecule has 40 heavy (non-hydrogen) atoms. The SMILES string of the molecule is N=Cc1c(NCC(F)(F)F)cc(NC(=O)c2cc(F)cc(C(F)(F)F)c2)c2c1C(=O)NC2c1cc(F)ccc1Cl.